The summed E-state index contributed by atoms with van der Waals surface area (Å²) in [6, 6.07) is 0.454. The molecule has 1 saturated heterocycles. The Morgan fingerprint density at radius 3 is 3.21 bits per heavy atom. The third-order valence-electron chi connectivity index (χ3n) is 3.60. The zero-order chi connectivity index (χ0) is 13.2. The maximum Gasteiger partial charge on any atom is 0.245 e. The predicted octanol–water partition coefficient (Wildman–Crippen LogP) is -0.239. The van der Waals surface area contributed by atoms with Crippen LogP contribution in [0.4, 0.5) is 5.95 Å². The molecule has 0 bridgehead atoms. The van der Waals surface area contributed by atoms with Gasteiger partial charge in [-0.2, -0.15) is 10.1 Å². The quantitative estimate of drug-likeness (QED) is 0.791. The molecular weight excluding hydrogens is 244 g/mol. The summed E-state index contributed by atoms with van der Waals surface area (Å²) in [5, 5.41) is 11.3. The molecule has 3 N–H and O–H groups in total. The molecule has 2 aromatic rings. The van der Waals surface area contributed by atoms with E-state index < -0.39 is 0 Å². The second kappa shape index (κ2) is 4.96. The van der Waals surface area contributed by atoms with Gasteiger partial charge >= 0.3 is 0 Å². The standard InChI is InChI=1S/C11H18N8/c1-8-9(12)3-2-4-19(8)11-15-10(16-17-11)5-18-7-13-6-14-18/h6-9H,2-5,12H2,1H3,(H,15,16,17). The van der Waals surface area contributed by atoms with Gasteiger partial charge in [0.1, 0.15) is 25.0 Å². The molecule has 8 heteroatoms. The summed E-state index contributed by atoms with van der Waals surface area (Å²) in [5.74, 6) is 1.49. The zero-order valence-corrected chi connectivity index (χ0v) is 10.9. The van der Waals surface area contributed by atoms with E-state index in [2.05, 4.69) is 37.1 Å². The molecule has 1 aliphatic rings. The summed E-state index contributed by atoms with van der Waals surface area (Å²) in [7, 11) is 0. The fourth-order valence-electron chi connectivity index (χ4n) is 2.41. The molecule has 102 valence electrons. The molecule has 0 aliphatic carbocycles. The molecule has 0 amide bonds. The van der Waals surface area contributed by atoms with E-state index in [4.69, 9.17) is 5.73 Å². The number of hydrogen-bond acceptors (Lipinski definition) is 6. The molecule has 3 rings (SSSR count). The van der Waals surface area contributed by atoms with E-state index in [0.29, 0.717) is 6.54 Å². The van der Waals surface area contributed by atoms with Gasteiger partial charge < -0.3 is 10.6 Å². The smallest absolute Gasteiger partial charge is 0.245 e. The Balaban J connectivity index is 1.73. The van der Waals surface area contributed by atoms with Gasteiger partial charge in [0.05, 0.1) is 0 Å². The molecule has 3 heterocycles. The zero-order valence-electron chi connectivity index (χ0n) is 10.9. The number of H-pyrrole nitrogens is 1. The number of nitrogens with one attached hydrogen (secondary N) is 1. The monoisotopic (exact) mass is 262 g/mol. The van der Waals surface area contributed by atoms with Crippen LogP contribution in [0.3, 0.4) is 0 Å². The minimum absolute atomic E-state index is 0.186. The Bertz CT molecular complexity index is 519. The molecular formula is C11H18N8. The maximum absolute atomic E-state index is 6.09. The number of rotatable bonds is 3. The molecule has 0 spiro atoms. The number of nitrogens with zero attached hydrogens (tertiary/aromatic N) is 6. The van der Waals surface area contributed by atoms with Gasteiger partial charge in [-0.3, -0.25) is 5.10 Å². The molecule has 0 saturated carbocycles. The van der Waals surface area contributed by atoms with Crippen molar-refractivity contribution in [1.29, 1.82) is 0 Å². The van der Waals surface area contributed by atoms with Crippen molar-refractivity contribution >= 4 is 5.95 Å². The van der Waals surface area contributed by atoms with E-state index in [-0.39, 0.29) is 12.1 Å². The number of aromatic nitrogens is 6. The number of anilines is 1. The lowest BCUT2D eigenvalue weighted by Crippen LogP contribution is -2.51. The highest BCUT2D eigenvalue weighted by atomic mass is 15.4. The summed E-state index contributed by atoms with van der Waals surface area (Å²) in [5.41, 5.74) is 6.09. The van der Waals surface area contributed by atoms with Crippen molar-refractivity contribution in [2.24, 2.45) is 5.73 Å². The van der Waals surface area contributed by atoms with Crippen LogP contribution >= 0.6 is 0 Å². The van der Waals surface area contributed by atoms with Crippen molar-refractivity contribution in [3.63, 3.8) is 0 Å². The van der Waals surface area contributed by atoms with Crippen LogP contribution < -0.4 is 10.6 Å². The van der Waals surface area contributed by atoms with Crippen molar-refractivity contribution in [2.75, 3.05) is 11.4 Å². The maximum atomic E-state index is 6.09. The van der Waals surface area contributed by atoms with Gasteiger partial charge in [0.15, 0.2) is 0 Å². The Labute approximate surface area is 111 Å². The van der Waals surface area contributed by atoms with Crippen LogP contribution in [0.1, 0.15) is 25.6 Å². The molecule has 0 aromatic carbocycles. The first-order valence-corrected chi connectivity index (χ1v) is 6.50. The van der Waals surface area contributed by atoms with Crippen LogP contribution in [0.5, 0.6) is 0 Å². The fourth-order valence-corrected chi connectivity index (χ4v) is 2.41. The largest absolute Gasteiger partial charge is 0.335 e. The van der Waals surface area contributed by atoms with Crippen LogP contribution in [-0.4, -0.2) is 48.6 Å². The lowest BCUT2D eigenvalue weighted by Gasteiger charge is -2.36. The van der Waals surface area contributed by atoms with Crippen LogP contribution in [0.15, 0.2) is 12.7 Å². The lowest BCUT2D eigenvalue weighted by atomic mass is 9.99. The van der Waals surface area contributed by atoms with Gasteiger partial charge in [0, 0.05) is 18.6 Å². The number of hydrogen-bond donors (Lipinski definition) is 2. The Morgan fingerprint density at radius 2 is 2.42 bits per heavy atom. The highest BCUT2D eigenvalue weighted by Crippen LogP contribution is 2.20. The van der Waals surface area contributed by atoms with Crippen molar-refractivity contribution in [1.82, 2.24) is 29.9 Å². The molecule has 0 radical (unpaired) electrons. The van der Waals surface area contributed by atoms with Crippen molar-refractivity contribution in [3.8, 4) is 0 Å². The summed E-state index contributed by atoms with van der Waals surface area (Å²) in [4.78, 5) is 10.6. The van der Waals surface area contributed by atoms with E-state index >= 15 is 0 Å². The number of nitrogens with two attached hydrogens (primary N) is 1. The van der Waals surface area contributed by atoms with Gasteiger partial charge in [-0.25, -0.2) is 9.67 Å². The minimum Gasteiger partial charge on any atom is -0.335 e. The second-order valence-corrected chi connectivity index (χ2v) is 4.92. The fraction of sp³-hybridized carbons (Fsp3) is 0.636. The first-order chi connectivity index (χ1) is 9.24. The van der Waals surface area contributed by atoms with Crippen LogP contribution in [-0.2, 0) is 6.54 Å². The molecule has 8 nitrogen and oxygen atoms in total. The van der Waals surface area contributed by atoms with E-state index in [9.17, 15) is 0 Å². The summed E-state index contributed by atoms with van der Waals surface area (Å²) >= 11 is 0. The Hall–Kier alpha value is -1.96. The van der Waals surface area contributed by atoms with Crippen molar-refractivity contribution in [3.05, 3.63) is 18.5 Å². The van der Waals surface area contributed by atoms with Gasteiger partial charge in [0.25, 0.3) is 0 Å². The van der Waals surface area contributed by atoms with Gasteiger partial charge in [0.2, 0.25) is 5.95 Å². The SMILES string of the molecule is CC1C(N)CCCN1c1n[nH]c(Cn2cncn2)n1. The summed E-state index contributed by atoms with van der Waals surface area (Å²) < 4.78 is 1.70. The third-order valence-corrected chi connectivity index (χ3v) is 3.60. The van der Waals surface area contributed by atoms with Gasteiger partial charge in [-0.1, -0.05) is 0 Å². The van der Waals surface area contributed by atoms with E-state index in [1.807, 2.05) is 0 Å². The van der Waals surface area contributed by atoms with E-state index in [1.165, 1.54) is 6.33 Å². The molecule has 2 aromatic heterocycles. The average Bonchev–Trinajstić information content (AvgIpc) is 3.05. The summed E-state index contributed by atoms with van der Waals surface area (Å²) in [6.45, 7) is 3.62. The van der Waals surface area contributed by atoms with E-state index in [0.717, 1.165) is 31.2 Å². The first-order valence-electron chi connectivity index (χ1n) is 6.50. The average molecular weight is 262 g/mol. The molecule has 2 unspecified atom stereocenters. The molecule has 1 aliphatic heterocycles. The van der Waals surface area contributed by atoms with Crippen molar-refractivity contribution < 1.29 is 0 Å². The third kappa shape index (κ3) is 2.43. The summed E-state index contributed by atoms with van der Waals surface area (Å²) in [6.07, 6.45) is 5.30. The number of aromatic amines is 1. The number of piperidine rings is 1. The van der Waals surface area contributed by atoms with Gasteiger partial charge in [-0.15, -0.1) is 5.10 Å². The van der Waals surface area contributed by atoms with Gasteiger partial charge in [-0.05, 0) is 19.8 Å². The topological polar surface area (TPSA) is 102 Å². The molecule has 19 heavy (non-hydrogen) atoms. The Morgan fingerprint density at radius 1 is 1.53 bits per heavy atom. The normalized spacial score (nSPS) is 23.8. The minimum atomic E-state index is 0.186. The van der Waals surface area contributed by atoms with Crippen molar-refractivity contribution in [2.45, 2.75) is 38.4 Å². The molecule has 1 fully saturated rings. The first kappa shape index (κ1) is 12.1. The van der Waals surface area contributed by atoms with Crippen LogP contribution in [0.25, 0.3) is 0 Å². The Kier molecular flexibility index (Phi) is 3.16. The van der Waals surface area contributed by atoms with Crippen LogP contribution in [0.2, 0.25) is 0 Å². The molecule has 2 atom stereocenters. The highest BCUT2D eigenvalue weighted by molar-refractivity contribution is 5.32. The lowest BCUT2D eigenvalue weighted by molar-refractivity contribution is 0.415. The predicted molar refractivity (Wildman–Crippen MR) is 69.5 cm³/mol. The second-order valence-electron chi connectivity index (χ2n) is 4.92. The highest BCUT2D eigenvalue weighted by Gasteiger charge is 2.27. The van der Waals surface area contributed by atoms with Crippen LogP contribution in [0, 0.1) is 0 Å². The van der Waals surface area contributed by atoms with E-state index in [1.54, 1.807) is 11.0 Å².